The molecule has 1 rings (SSSR count). The largest absolute Gasteiger partial charge is 0.480 e. The minimum absolute atomic E-state index is 0.288. The van der Waals surface area contributed by atoms with Crippen molar-refractivity contribution in [3.8, 4) is 0 Å². The van der Waals surface area contributed by atoms with Crippen molar-refractivity contribution in [3.63, 3.8) is 0 Å². The van der Waals surface area contributed by atoms with E-state index in [1.807, 2.05) is 6.92 Å². The van der Waals surface area contributed by atoms with Gasteiger partial charge in [-0.1, -0.05) is 13.8 Å². The monoisotopic (exact) mass is 228 g/mol. The second-order valence-corrected chi connectivity index (χ2v) is 4.57. The van der Waals surface area contributed by atoms with E-state index in [2.05, 4.69) is 17.1 Å². The van der Waals surface area contributed by atoms with Gasteiger partial charge in [-0.3, -0.25) is 9.69 Å². The SMILES string of the molecule is CCNCC1CCCN(C(CC)C(=O)O)C1. The molecular weight excluding hydrogens is 204 g/mol. The maximum absolute atomic E-state index is 11.1. The molecule has 0 aliphatic carbocycles. The van der Waals surface area contributed by atoms with Gasteiger partial charge in [0.15, 0.2) is 0 Å². The van der Waals surface area contributed by atoms with Gasteiger partial charge in [-0.05, 0) is 44.8 Å². The lowest BCUT2D eigenvalue weighted by atomic mass is 9.96. The molecule has 4 nitrogen and oxygen atoms in total. The number of nitrogens with zero attached hydrogens (tertiary/aromatic N) is 1. The first-order valence-electron chi connectivity index (χ1n) is 6.36. The van der Waals surface area contributed by atoms with Crippen LogP contribution in [-0.2, 0) is 4.79 Å². The summed E-state index contributed by atoms with van der Waals surface area (Å²) in [4.78, 5) is 13.2. The number of hydrogen-bond donors (Lipinski definition) is 2. The Balaban J connectivity index is 2.45. The standard InChI is InChI=1S/C12H24N2O2/c1-3-11(12(15)16)14-7-5-6-10(9-14)8-13-4-2/h10-11,13H,3-9H2,1-2H3,(H,15,16). The fourth-order valence-electron chi connectivity index (χ4n) is 2.48. The van der Waals surface area contributed by atoms with Crippen molar-refractivity contribution < 1.29 is 9.90 Å². The van der Waals surface area contributed by atoms with Gasteiger partial charge in [0.05, 0.1) is 0 Å². The predicted molar refractivity (Wildman–Crippen MR) is 64.6 cm³/mol. The number of likely N-dealkylation sites (tertiary alicyclic amines) is 1. The Morgan fingerprint density at radius 3 is 2.88 bits per heavy atom. The van der Waals surface area contributed by atoms with Crippen LogP contribution in [-0.4, -0.2) is 48.2 Å². The molecule has 2 N–H and O–H groups in total. The average Bonchev–Trinajstić information content (AvgIpc) is 2.27. The first-order valence-corrected chi connectivity index (χ1v) is 6.36. The molecule has 0 aromatic rings. The molecule has 1 fully saturated rings. The van der Waals surface area contributed by atoms with Crippen LogP contribution in [0.15, 0.2) is 0 Å². The van der Waals surface area contributed by atoms with E-state index in [-0.39, 0.29) is 6.04 Å². The van der Waals surface area contributed by atoms with Gasteiger partial charge in [-0.25, -0.2) is 0 Å². The number of hydrogen-bond acceptors (Lipinski definition) is 3. The first kappa shape index (κ1) is 13.5. The van der Waals surface area contributed by atoms with Crippen molar-refractivity contribution in [2.45, 2.75) is 39.2 Å². The van der Waals surface area contributed by atoms with Crippen LogP contribution >= 0.6 is 0 Å². The average molecular weight is 228 g/mol. The number of carboxylic acid groups (broad SMARTS) is 1. The molecule has 1 aliphatic heterocycles. The normalized spacial score (nSPS) is 24.2. The molecule has 94 valence electrons. The molecular formula is C12H24N2O2. The summed E-state index contributed by atoms with van der Waals surface area (Å²) in [6.45, 7) is 7.93. The molecule has 0 saturated carbocycles. The van der Waals surface area contributed by atoms with Crippen LogP contribution in [0.1, 0.15) is 33.1 Å². The number of rotatable bonds is 6. The van der Waals surface area contributed by atoms with E-state index in [1.165, 1.54) is 6.42 Å². The summed E-state index contributed by atoms with van der Waals surface area (Å²) in [5.41, 5.74) is 0. The third-order valence-corrected chi connectivity index (χ3v) is 3.35. The molecule has 0 aromatic carbocycles. The van der Waals surface area contributed by atoms with Crippen molar-refractivity contribution in [1.29, 1.82) is 0 Å². The van der Waals surface area contributed by atoms with Gasteiger partial charge in [0.1, 0.15) is 6.04 Å². The number of carboxylic acids is 1. The van der Waals surface area contributed by atoms with Gasteiger partial charge in [0.25, 0.3) is 0 Å². The third kappa shape index (κ3) is 3.76. The summed E-state index contributed by atoms with van der Waals surface area (Å²) in [5, 5.41) is 12.5. The third-order valence-electron chi connectivity index (χ3n) is 3.35. The van der Waals surface area contributed by atoms with Gasteiger partial charge < -0.3 is 10.4 Å². The van der Waals surface area contributed by atoms with E-state index in [1.54, 1.807) is 0 Å². The second-order valence-electron chi connectivity index (χ2n) is 4.57. The van der Waals surface area contributed by atoms with Crippen molar-refractivity contribution >= 4 is 5.97 Å². The van der Waals surface area contributed by atoms with Crippen molar-refractivity contribution in [2.75, 3.05) is 26.2 Å². The van der Waals surface area contributed by atoms with Crippen LogP contribution in [0, 0.1) is 5.92 Å². The predicted octanol–water partition coefficient (Wildman–Crippen LogP) is 1.17. The topological polar surface area (TPSA) is 52.6 Å². The summed E-state index contributed by atoms with van der Waals surface area (Å²) < 4.78 is 0. The van der Waals surface area contributed by atoms with E-state index in [0.29, 0.717) is 12.3 Å². The van der Waals surface area contributed by atoms with Gasteiger partial charge in [0, 0.05) is 6.54 Å². The summed E-state index contributed by atoms with van der Waals surface area (Å²) in [5.74, 6) is -0.0614. The Hall–Kier alpha value is -0.610. The summed E-state index contributed by atoms with van der Waals surface area (Å²) >= 11 is 0. The van der Waals surface area contributed by atoms with Crippen LogP contribution in [0.4, 0.5) is 0 Å². The van der Waals surface area contributed by atoms with Gasteiger partial charge in [0.2, 0.25) is 0 Å². The fraction of sp³-hybridized carbons (Fsp3) is 0.917. The van der Waals surface area contributed by atoms with E-state index in [9.17, 15) is 4.79 Å². The Morgan fingerprint density at radius 1 is 1.56 bits per heavy atom. The maximum atomic E-state index is 11.1. The molecule has 0 amide bonds. The second kappa shape index (κ2) is 6.86. The van der Waals surface area contributed by atoms with Crippen molar-refractivity contribution in [1.82, 2.24) is 10.2 Å². The molecule has 2 atom stereocenters. The molecule has 0 bridgehead atoms. The van der Waals surface area contributed by atoms with E-state index in [0.717, 1.165) is 32.6 Å². The zero-order valence-electron chi connectivity index (χ0n) is 10.4. The van der Waals surface area contributed by atoms with Crippen LogP contribution in [0.5, 0.6) is 0 Å². The van der Waals surface area contributed by atoms with Crippen LogP contribution in [0.3, 0.4) is 0 Å². The lowest BCUT2D eigenvalue weighted by Gasteiger charge is -2.36. The van der Waals surface area contributed by atoms with Gasteiger partial charge >= 0.3 is 5.97 Å². The number of nitrogens with one attached hydrogen (secondary N) is 1. The Morgan fingerprint density at radius 2 is 2.31 bits per heavy atom. The smallest absolute Gasteiger partial charge is 0.320 e. The number of aliphatic carboxylic acids is 1. The molecule has 1 aliphatic rings. The van der Waals surface area contributed by atoms with Crippen molar-refractivity contribution in [2.24, 2.45) is 5.92 Å². The Kier molecular flexibility index (Phi) is 5.77. The van der Waals surface area contributed by atoms with E-state index >= 15 is 0 Å². The Labute approximate surface area is 98.0 Å². The minimum Gasteiger partial charge on any atom is -0.480 e. The zero-order valence-corrected chi connectivity index (χ0v) is 10.4. The van der Waals surface area contributed by atoms with Gasteiger partial charge in [-0.15, -0.1) is 0 Å². The van der Waals surface area contributed by atoms with Gasteiger partial charge in [-0.2, -0.15) is 0 Å². The summed E-state index contributed by atoms with van der Waals surface area (Å²) in [7, 11) is 0. The molecule has 1 heterocycles. The fourth-order valence-corrected chi connectivity index (χ4v) is 2.48. The highest BCUT2D eigenvalue weighted by molar-refractivity contribution is 5.73. The lowest BCUT2D eigenvalue weighted by Crippen LogP contribution is -2.48. The molecule has 1 saturated heterocycles. The summed E-state index contributed by atoms with van der Waals surface area (Å²) in [6, 6.07) is -0.288. The first-order chi connectivity index (χ1) is 7.69. The highest BCUT2D eigenvalue weighted by Crippen LogP contribution is 2.19. The quantitative estimate of drug-likeness (QED) is 0.716. The highest BCUT2D eigenvalue weighted by Gasteiger charge is 2.28. The number of piperidine rings is 1. The molecule has 16 heavy (non-hydrogen) atoms. The zero-order chi connectivity index (χ0) is 12.0. The van der Waals surface area contributed by atoms with Crippen molar-refractivity contribution in [3.05, 3.63) is 0 Å². The molecule has 0 radical (unpaired) electrons. The maximum Gasteiger partial charge on any atom is 0.320 e. The minimum atomic E-state index is -0.674. The number of carbonyl (C=O) groups is 1. The van der Waals surface area contributed by atoms with E-state index in [4.69, 9.17) is 5.11 Å². The van der Waals surface area contributed by atoms with E-state index < -0.39 is 5.97 Å². The van der Waals surface area contributed by atoms with Crippen LogP contribution in [0.25, 0.3) is 0 Å². The summed E-state index contributed by atoms with van der Waals surface area (Å²) in [6.07, 6.45) is 3.04. The molecule has 0 spiro atoms. The lowest BCUT2D eigenvalue weighted by molar-refractivity contribution is -0.144. The molecule has 2 unspecified atom stereocenters. The molecule has 4 heteroatoms. The van der Waals surface area contributed by atoms with Crippen LogP contribution < -0.4 is 5.32 Å². The Bertz CT molecular complexity index is 221. The highest BCUT2D eigenvalue weighted by atomic mass is 16.4. The molecule has 0 aromatic heterocycles. The van der Waals surface area contributed by atoms with Crippen LogP contribution in [0.2, 0.25) is 0 Å².